The van der Waals surface area contributed by atoms with Gasteiger partial charge in [-0.2, -0.15) is 0 Å². The van der Waals surface area contributed by atoms with E-state index in [1.54, 1.807) is 18.2 Å². The molecule has 0 saturated carbocycles. The molecule has 0 spiro atoms. The molecule has 0 radical (unpaired) electrons. The minimum absolute atomic E-state index is 0.257. The van der Waals surface area contributed by atoms with Crippen LogP contribution in [0, 0.1) is 11.6 Å². The minimum Gasteiger partial charge on any atom is -0.207 e. The fraction of sp³-hybridized carbons (Fsp3) is 0.120. The van der Waals surface area contributed by atoms with Gasteiger partial charge in [-0.05, 0) is 74.8 Å². The second-order valence-corrected chi connectivity index (χ2v) is 7.11. The highest BCUT2D eigenvalue weighted by atomic mass is 19.1. The van der Waals surface area contributed by atoms with Crippen LogP contribution in [-0.4, -0.2) is 0 Å². The molecule has 2 heteroatoms. The molecule has 0 aliphatic heterocycles. The summed E-state index contributed by atoms with van der Waals surface area (Å²) >= 11 is 0. The van der Waals surface area contributed by atoms with Crippen molar-refractivity contribution in [3.05, 3.63) is 96.1 Å². The van der Waals surface area contributed by atoms with Gasteiger partial charge in [0.2, 0.25) is 0 Å². The second kappa shape index (κ2) is 6.96. The molecule has 4 aromatic rings. The van der Waals surface area contributed by atoms with Crippen molar-refractivity contribution in [3.8, 4) is 22.3 Å². The van der Waals surface area contributed by atoms with Gasteiger partial charge in [-0.15, -0.1) is 0 Å². The van der Waals surface area contributed by atoms with Crippen LogP contribution in [0.25, 0.3) is 33.0 Å². The molecule has 0 aliphatic rings. The maximum Gasteiger partial charge on any atom is 0.123 e. The lowest BCUT2D eigenvalue weighted by atomic mass is 9.84. The van der Waals surface area contributed by atoms with Crippen LogP contribution >= 0.6 is 0 Å². The van der Waals surface area contributed by atoms with E-state index in [1.165, 1.54) is 18.2 Å². The number of benzene rings is 4. The van der Waals surface area contributed by atoms with Crippen molar-refractivity contribution in [3.63, 3.8) is 0 Å². The summed E-state index contributed by atoms with van der Waals surface area (Å²) in [5.74, 6) is -0.267. The maximum atomic E-state index is 14.2. The molecule has 4 aromatic carbocycles. The van der Waals surface area contributed by atoms with E-state index in [1.807, 2.05) is 24.3 Å². The van der Waals surface area contributed by atoms with Crippen LogP contribution in [0.4, 0.5) is 8.78 Å². The summed E-state index contributed by atoms with van der Waals surface area (Å²) in [6, 6.07) is 23.7. The quantitative estimate of drug-likeness (QED) is 0.354. The van der Waals surface area contributed by atoms with Crippen LogP contribution in [0.5, 0.6) is 0 Å². The van der Waals surface area contributed by atoms with Gasteiger partial charge in [-0.3, -0.25) is 0 Å². The third kappa shape index (κ3) is 3.23. The molecule has 0 fully saturated rings. The van der Waals surface area contributed by atoms with E-state index in [4.69, 9.17) is 0 Å². The summed E-state index contributed by atoms with van der Waals surface area (Å²) < 4.78 is 27.6. The smallest absolute Gasteiger partial charge is 0.123 e. The van der Waals surface area contributed by atoms with Crippen molar-refractivity contribution >= 4 is 10.8 Å². The predicted molar refractivity (Wildman–Crippen MR) is 109 cm³/mol. The molecule has 0 aliphatic carbocycles. The molecule has 0 unspecified atom stereocenters. The van der Waals surface area contributed by atoms with Crippen molar-refractivity contribution in [2.45, 2.75) is 19.8 Å². The topological polar surface area (TPSA) is 0 Å². The molecule has 0 saturated heterocycles. The number of hydrogen-bond donors (Lipinski definition) is 0. The second-order valence-electron chi connectivity index (χ2n) is 7.11. The van der Waals surface area contributed by atoms with E-state index in [-0.39, 0.29) is 17.6 Å². The molecule has 0 amide bonds. The van der Waals surface area contributed by atoms with Gasteiger partial charge in [0.1, 0.15) is 11.6 Å². The third-order valence-corrected chi connectivity index (χ3v) is 4.97. The minimum atomic E-state index is -0.265. The highest BCUT2D eigenvalue weighted by molar-refractivity contribution is 6.06. The molecule has 0 aromatic heterocycles. The lowest BCUT2D eigenvalue weighted by molar-refractivity contribution is 0.628. The Kier molecular flexibility index (Phi) is 4.49. The van der Waals surface area contributed by atoms with Crippen LogP contribution in [-0.2, 0) is 0 Å². The zero-order valence-electron chi connectivity index (χ0n) is 15.3. The van der Waals surface area contributed by atoms with Crippen LogP contribution in [0.3, 0.4) is 0 Å². The number of halogens is 2. The predicted octanol–water partition coefficient (Wildman–Crippen LogP) is 7.58. The van der Waals surface area contributed by atoms with Gasteiger partial charge in [-0.1, -0.05) is 62.4 Å². The zero-order valence-corrected chi connectivity index (χ0v) is 15.3. The number of fused-ring (bicyclic) bond motifs is 1. The van der Waals surface area contributed by atoms with Crippen LogP contribution in [0.2, 0.25) is 0 Å². The summed E-state index contributed by atoms with van der Waals surface area (Å²) in [5.41, 5.74) is 5.20. The fourth-order valence-corrected chi connectivity index (χ4v) is 3.67. The Morgan fingerprint density at radius 2 is 1.30 bits per heavy atom. The number of hydrogen-bond acceptors (Lipinski definition) is 0. The summed E-state index contributed by atoms with van der Waals surface area (Å²) in [6.45, 7) is 4.28. The van der Waals surface area contributed by atoms with E-state index in [9.17, 15) is 8.78 Å². The zero-order chi connectivity index (χ0) is 19.0. The average Bonchev–Trinajstić information content (AvgIpc) is 2.68. The van der Waals surface area contributed by atoms with Gasteiger partial charge in [-0.25, -0.2) is 8.78 Å². The lowest BCUT2D eigenvalue weighted by Crippen LogP contribution is -1.97. The standard InChI is InChI=1S/C25H20F2/c1-16(2)22-15-23(17-8-10-19(26)11-9-17)21-13-12-20(27)14-24(21)25(22)18-6-4-3-5-7-18/h3-16H,1-2H3. The Balaban J connectivity index is 2.12. The monoisotopic (exact) mass is 358 g/mol. The first kappa shape index (κ1) is 17.4. The van der Waals surface area contributed by atoms with E-state index < -0.39 is 0 Å². The first-order valence-corrected chi connectivity index (χ1v) is 9.12. The summed E-state index contributed by atoms with van der Waals surface area (Å²) in [4.78, 5) is 0. The Labute approximate surface area is 158 Å². The van der Waals surface area contributed by atoms with Crippen LogP contribution in [0.15, 0.2) is 78.9 Å². The van der Waals surface area contributed by atoms with E-state index in [0.717, 1.165) is 38.6 Å². The summed E-state index contributed by atoms with van der Waals surface area (Å²) in [5, 5.41) is 1.85. The Morgan fingerprint density at radius 1 is 0.630 bits per heavy atom. The average molecular weight is 358 g/mol. The molecule has 0 atom stereocenters. The third-order valence-electron chi connectivity index (χ3n) is 4.97. The maximum absolute atomic E-state index is 14.2. The lowest BCUT2D eigenvalue weighted by Gasteiger charge is -2.20. The van der Waals surface area contributed by atoms with Gasteiger partial charge in [0, 0.05) is 0 Å². The van der Waals surface area contributed by atoms with Crippen LogP contribution in [0.1, 0.15) is 25.3 Å². The highest BCUT2D eigenvalue weighted by Crippen LogP contribution is 2.41. The van der Waals surface area contributed by atoms with E-state index in [0.29, 0.717) is 0 Å². The SMILES string of the molecule is CC(C)c1cc(-c2ccc(F)cc2)c2ccc(F)cc2c1-c1ccccc1. The molecule has 134 valence electrons. The first-order valence-electron chi connectivity index (χ1n) is 9.12. The van der Waals surface area contributed by atoms with Gasteiger partial charge >= 0.3 is 0 Å². The molecular formula is C25H20F2. The van der Waals surface area contributed by atoms with Crippen molar-refractivity contribution in [1.82, 2.24) is 0 Å². The first-order chi connectivity index (χ1) is 13.0. The Bertz CT molecular complexity index is 1090. The van der Waals surface area contributed by atoms with E-state index in [2.05, 4.69) is 32.0 Å². The van der Waals surface area contributed by atoms with Crippen molar-refractivity contribution in [2.75, 3.05) is 0 Å². The molecule has 27 heavy (non-hydrogen) atoms. The van der Waals surface area contributed by atoms with Gasteiger partial charge in [0.05, 0.1) is 0 Å². The summed E-state index contributed by atoms with van der Waals surface area (Å²) in [7, 11) is 0. The largest absolute Gasteiger partial charge is 0.207 e. The summed E-state index contributed by atoms with van der Waals surface area (Å²) in [6.07, 6.45) is 0. The van der Waals surface area contributed by atoms with Gasteiger partial charge < -0.3 is 0 Å². The van der Waals surface area contributed by atoms with Crippen molar-refractivity contribution < 1.29 is 8.78 Å². The Hall–Kier alpha value is -3.00. The molecule has 4 rings (SSSR count). The molecule has 0 heterocycles. The van der Waals surface area contributed by atoms with Gasteiger partial charge in [0.15, 0.2) is 0 Å². The molecule has 0 bridgehead atoms. The van der Waals surface area contributed by atoms with Gasteiger partial charge in [0.25, 0.3) is 0 Å². The van der Waals surface area contributed by atoms with Crippen molar-refractivity contribution in [2.24, 2.45) is 0 Å². The van der Waals surface area contributed by atoms with Crippen molar-refractivity contribution in [1.29, 1.82) is 0 Å². The normalized spacial score (nSPS) is 11.3. The Morgan fingerprint density at radius 3 is 1.96 bits per heavy atom. The van der Waals surface area contributed by atoms with Crippen LogP contribution < -0.4 is 0 Å². The number of rotatable bonds is 3. The fourth-order valence-electron chi connectivity index (χ4n) is 3.67. The molecular weight excluding hydrogens is 338 g/mol. The van der Waals surface area contributed by atoms with E-state index >= 15 is 0 Å². The molecule has 0 N–H and O–H groups in total. The molecule has 0 nitrogen and oxygen atoms in total. The highest BCUT2D eigenvalue weighted by Gasteiger charge is 2.17.